The van der Waals surface area contributed by atoms with Gasteiger partial charge in [0.05, 0.1) is 0 Å². The molecule has 0 spiro atoms. The zero-order valence-electron chi connectivity index (χ0n) is 14.9. The summed E-state index contributed by atoms with van der Waals surface area (Å²) < 4.78 is 5.17. The zero-order valence-corrected chi connectivity index (χ0v) is 14.9. The van der Waals surface area contributed by atoms with Crippen LogP contribution in [0.4, 0.5) is 9.59 Å². The van der Waals surface area contributed by atoms with Gasteiger partial charge in [-0.15, -0.1) is 0 Å². The highest BCUT2D eigenvalue weighted by molar-refractivity contribution is 5.81. The first kappa shape index (κ1) is 18.4. The Morgan fingerprint density at radius 1 is 1.25 bits per heavy atom. The van der Waals surface area contributed by atoms with Gasteiger partial charge in [0.25, 0.3) is 0 Å². The molecule has 0 aromatic heterocycles. The number of nitrogens with one attached hydrogen (secondary N) is 1. The van der Waals surface area contributed by atoms with Crippen LogP contribution in [0.5, 0.6) is 0 Å². The number of alkyl carbamates (subject to hydrolysis) is 1. The van der Waals surface area contributed by atoms with Crippen LogP contribution in [0.15, 0.2) is 0 Å². The summed E-state index contributed by atoms with van der Waals surface area (Å²) in [5, 5.41) is 12.0. The number of hydrogen-bond donors (Lipinski definition) is 2. The molecule has 4 atom stereocenters. The molecule has 8 nitrogen and oxygen atoms in total. The van der Waals surface area contributed by atoms with Gasteiger partial charge >= 0.3 is 18.1 Å². The summed E-state index contributed by atoms with van der Waals surface area (Å²) in [5.41, 5.74) is -0.700. The highest BCUT2D eigenvalue weighted by Crippen LogP contribution is 2.43. The minimum absolute atomic E-state index is 0.0391. The van der Waals surface area contributed by atoms with Crippen LogP contribution in [0.25, 0.3) is 0 Å². The Labute approximate surface area is 142 Å². The molecule has 0 aromatic carbocycles. The van der Waals surface area contributed by atoms with Crippen molar-refractivity contribution in [3.05, 3.63) is 0 Å². The largest absolute Gasteiger partial charge is 0.480 e. The van der Waals surface area contributed by atoms with Crippen LogP contribution in [0.3, 0.4) is 0 Å². The molecule has 0 radical (unpaired) electrons. The lowest BCUT2D eigenvalue weighted by Gasteiger charge is -2.30. The van der Waals surface area contributed by atoms with E-state index in [-0.39, 0.29) is 24.0 Å². The molecule has 3 unspecified atom stereocenters. The van der Waals surface area contributed by atoms with Gasteiger partial charge in [0, 0.05) is 32.1 Å². The molecule has 2 bridgehead atoms. The summed E-state index contributed by atoms with van der Waals surface area (Å²) in [6, 6.07) is -1.29. The highest BCUT2D eigenvalue weighted by atomic mass is 16.6. The molecule has 2 saturated heterocycles. The van der Waals surface area contributed by atoms with Gasteiger partial charge in [0.2, 0.25) is 0 Å². The minimum atomic E-state index is -1.10. The molecule has 0 saturated carbocycles. The summed E-state index contributed by atoms with van der Waals surface area (Å²) >= 11 is 0. The number of rotatable bonds is 3. The van der Waals surface area contributed by atoms with E-state index in [0.717, 1.165) is 12.8 Å². The molecule has 2 heterocycles. The Hall–Kier alpha value is -1.99. The first-order valence-corrected chi connectivity index (χ1v) is 8.23. The van der Waals surface area contributed by atoms with E-state index < -0.39 is 23.7 Å². The van der Waals surface area contributed by atoms with Gasteiger partial charge in [-0.3, -0.25) is 0 Å². The number of nitrogens with zero attached hydrogens (tertiary/aromatic N) is 2. The fourth-order valence-electron chi connectivity index (χ4n) is 3.71. The van der Waals surface area contributed by atoms with Crippen molar-refractivity contribution in [3.8, 4) is 0 Å². The fourth-order valence-corrected chi connectivity index (χ4v) is 3.71. The highest BCUT2D eigenvalue weighted by Gasteiger charge is 2.53. The van der Waals surface area contributed by atoms with Crippen molar-refractivity contribution in [3.63, 3.8) is 0 Å². The number of urea groups is 1. The predicted molar refractivity (Wildman–Crippen MR) is 86.6 cm³/mol. The van der Waals surface area contributed by atoms with Crippen LogP contribution < -0.4 is 5.32 Å². The average Bonchev–Trinajstić information content (AvgIpc) is 2.98. The van der Waals surface area contributed by atoms with E-state index in [1.54, 1.807) is 39.8 Å². The second kappa shape index (κ2) is 6.49. The van der Waals surface area contributed by atoms with Gasteiger partial charge in [-0.05, 0) is 40.0 Å². The third-order valence-corrected chi connectivity index (χ3v) is 4.55. The van der Waals surface area contributed by atoms with Gasteiger partial charge in [0.15, 0.2) is 0 Å². The van der Waals surface area contributed by atoms with Crippen LogP contribution in [0.1, 0.15) is 40.0 Å². The van der Waals surface area contributed by atoms with Crippen molar-refractivity contribution in [1.29, 1.82) is 0 Å². The molecule has 24 heavy (non-hydrogen) atoms. The number of amides is 3. The van der Waals surface area contributed by atoms with Crippen LogP contribution in [0.2, 0.25) is 0 Å². The lowest BCUT2D eigenvalue weighted by atomic mass is 9.83. The molecular weight excluding hydrogens is 314 g/mol. The number of aliphatic carboxylic acids is 1. The van der Waals surface area contributed by atoms with Gasteiger partial charge < -0.3 is 25.0 Å². The number of carboxylic acids is 1. The molecule has 2 fully saturated rings. The van der Waals surface area contributed by atoms with E-state index in [2.05, 4.69) is 5.32 Å². The van der Waals surface area contributed by atoms with E-state index in [1.165, 1.54) is 4.90 Å². The molecule has 3 amide bonds. The van der Waals surface area contributed by atoms with Crippen molar-refractivity contribution in [2.75, 3.05) is 14.1 Å². The molecule has 2 aliphatic heterocycles. The molecule has 0 aromatic rings. The Bertz CT molecular complexity index is 528. The summed E-state index contributed by atoms with van der Waals surface area (Å²) in [6.45, 7) is 5.16. The maximum Gasteiger partial charge on any atom is 0.408 e. The van der Waals surface area contributed by atoms with Crippen molar-refractivity contribution >= 4 is 18.1 Å². The van der Waals surface area contributed by atoms with E-state index in [9.17, 15) is 19.5 Å². The molecular formula is C16H27N3O5. The SMILES string of the molecule is CN(C)C(=O)N1C2CCC1C([C@H](NC(=O)OC(C)(C)C)C(=O)O)C2. The predicted octanol–water partition coefficient (Wildman–Crippen LogP) is 1.50. The number of fused-ring (bicyclic) bond motifs is 2. The van der Waals surface area contributed by atoms with Gasteiger partial charge in [0.1, 0.15) is 11.6 Å². The Morgan fingerprint density at radius 2 is 1.88 bits per heavy atom. The van der Waals surface area contributed by atoms with Crippen LogP contribution in [-0.4, -0.2) is 70.8 Å². The maximum atomic E-state index is 12.3. The second-order valence-electron chi connectivity index (χ2n) is 7.74. The number of hydrogen-bond acceptors (Lipinski definition) is 4. The van der Waals surface area contributed by atoms with Gasteiger partial charge in [-0.25, -0.2) is 14.4 Å². The Kier molecular flexibility index (Phi) is 4.96. The topological polar surface area (TPSA) is 99.2 Å². The fraction of sp³-hybridized carbons (Fsp3) is 0.812. The molecule has 2 aliphatic rings. The van der Waals surface area contributed by atoms with E-state index >= 15 is 0 Å². The summed E-state index contributed by atoms with van der Waals surface area (Å²) in [7, 11) is 3.37. The third-order valence-electron chi connectivity index (χ3n) is 4.55. The summed E-state index contributed by atoms with van der Waals surface area (Å²) in [5.74, 6) is -1.41. The number of carbonyl (C=O) groups is 3. The standard InChI is InChI=1S/C16H27N3O5/c1-16(2,3)24-14(22)17-12(13(20)21)10-8-9-6-7-11(10)19(9)15(23)18(4)5/h9-12H,6-8H2,1-5H3,(H,17,22)(H,20,21)/t9?,10?,11?,12-/m0/s1. The molecule has 136 valence electrons. The zero-order chi connectivity index (χ0) is 18.2. The quantitative estimate of drug-likeness (QED) is 0.810. The van der Waals surface area contributed by atoms with Crippen molar-refractivity contribution in [2.24, 2.45) is 5.92 Å². The van der Waals surface area contributed by atoms with Crippen molar-refractivity contribution in [1.82, 2.24) is 15.1 Å². The van der Waals surface area contributed by atoms with Crippen LogP contribution in [-0.2, 0) is 9.53 Å². The molecule has 8 heteroatoms. The van der Waals surface area contributed by atoms with E-state index in [4.69, 9.17) is 4.74 Å². The molecule has 2 rings (SSSR count). The Morgan fingerprint density at radius 3 is 2.38 bits per heavy atom. The lowest BCUT2D eigenvalue weighted by Crippen LogP contribution is -2.51. The lowest BCUT2D eigenvalue weighted by molar-refractivity contribution is -0.141. The summed E-state index contributed by atoms with van der Waals surface area (Å²) in [4.78, 5) is 39.3. The van der Waals surface area contributed by atoms with Crippen LogP contribution in [0, 0.1) is 5.92 Å². The summed E-state index contributed by atoms with van der Waals surface area (Å²) in [6.07, 6.45) is 1.47. The smallest absolute Gasteiger partial charge is 0.408 e. The average molecular weight is 341 g/mol. The molecule has 2 N–H and O–H groups in total. The first-order valence-electron chi connectivity index (χ1n) is 8.23. The number of ether oxygens (including phenoxy) is 1. The Balaban J connectivity index is 2.11. The minimum Gasteiger partial charge on any atom is -0.480 e. The third kappa shape index (κ3) is 3.73. The monoisotopic (exact) mass is 341 g/mol. The van der Waals surface area contributed by atoms with Crippen molar-refractivity contribution < 1.29 is 24.2 Å². The van der Waals surface area contributed by atoms with E-state index in [1.807, 2.05) is 0 Å². The van der Waals surface area contributed by atoms with Gasteiger partial charge in [-0.2, -0.15) is 0 Å². The van der Waals surface area contributed by atoms with Gasteiger partial charge in [-0.1, -0.05) is 0 Å². The molecule has 0 aliphatic carbocycles. The maximum absolute atomic E-state index is 12.3. The van der Waals surface area contributed by atoms with E-state index in [0.29, 0.717) is 6.42 Å². The number of carbonyl (C=O) groups excluding carboxylic acids is 2. The normalized spacial score (nSPS) is 26.9. The second-order valence-corrected chi connectivity index (χ2v) is 7.74. The first-order chi connectivity index (χ1) is 11.0. The van der Waals surface area contributed by atoms with Crippen molar-refractivity contribution in [2.45, 2.75) is 63.8 Å². The number of carboxylic acid groups (broad SMARTS) is 1. The van der Waals surface area contributed by atoms with Crippen LogP contribution >= 0.6 is 0 Å².